The summed E-state index contributed by atoms with van der Waals surface area (Å²) in [7, 11) is 0. The van der Waals surface area contributed by atoms with E-state index in [0.29, 0.717) is 5.82 Å². The number of nitrogens with zero attached hydrogens (tertiary/aromatic N) is 1. The first kappa shape index (κ1) is 10.2. The van der Waals surface area contributed by atoms with Crippen molar-refractivity contribution in [1.29, 1.82) is 0 Å². The van der Waals surface area contributed by atoms with Crippen LogP contribution in [0, 0.1) is 0 Å². The molecule has 1 aromatic heterocycles. The molecule has 0 saturated heterocycles. The van der Waals surface area contributed by atoms with E-state index in [2.05, 4.69) is 30.7 Å². The molecule has 0 fully saturated rings. The second kappa shape index (κ2) is 3.47. The monoisotopic (exact) mass is 183 g/mol. The minimum Gasteiger partial charge on any atom is -0.384 e. The van der Waals surface area contributed by atoms with Gasteiger partial charge in [0.15, 0.2) is 0 Å². The lowest BCUT2D eigenvalue weighted by molar-refractivity contribution is 0.177. The van der Waals surface area contributed by atoms with Gasteiger partial charge in [-0.3, -0.25) is 0 Å². The third kappa shape index (κ3) is 2.29. The molecule has 0 aromatic carbocycles. The Morgan fingerprint density at radius 1 is 1.62 bits per heavy atom. The number of hydrogen-bond donors (Lipinski definition) is 3. The summed E-state index contributed by atoms with van der Waals surface area (Å²) in [6.45, 7) is 6.44. The van der Waals surface area contributed by atoms with Gasteiger partial charge in [0.05, 0.1) is 0 Å². The number of nitrogens with one attached hydrogen (secondary N) is 1. The Morgan fingerprint density at radius 2 is 2.23 bits per heavy atom. The Kier molecular flexibility index (Phi) is 2.73. The minimum atomic E-state index is -0.684. The van der Waals surface area contributed by atoms with E-state index < -0.39 is 6.10 Å². The second-order valence-corrected chi connectivity index (χ2v) is 4.18. The van der Waals surface area contributed by atoms with E-state index in [1.165, 1.54) is 0 Å². The highest BCUT2D eigenvalue weighted by Crippen LogP contribution is 2.21. The van der Waals surface area contributed by atoms with Gasteiger partial charge in [0.25, 0.3) is 0 Å². The van der Waals surface area contributed by atoms with Crippen LogP contribution in [0.1, 0.15) is 38.4 Å². The summed E-state index contributed by atoms with van der Waals surface area (Å²) in [5, 5.41) is 9.39. The maximum atomic E-state index is 9.39. The van der Waals surface area contributed by atoms with E-state index in [1.807, 2.05) is 0 Å². The molecule has 0 bridgehead atoms. The first-order valence-electron chi connectivity index (χ1n) is 4.38. The maximum Gasteiger partial charge on any atom is 0.136 e. The van der Waals surface area contributed by atoms with Gasteiger partial charge in [0.1, 0.15) is 11.9 Å². The molecule has 1 aromatic rings. The van der Waals surface area contributed by atoms with Gasteiger partial charge in [-0.1, -0.05) is 20.8 Å². The summed E-state index contributed by atoms with van der Waals surface area (Å²) in [6.07, 6.45) is 1.06. The van der Waals surface area contributed by atoms with Crippen LogP contribution in [0.15, 0.2) is 6.20 Å². The van der Waals surface area contributed by atoms with E-state index in [1.54, 1.807) is 6.20 Å². The number of H-pyrrole nitrogens is 1. The Balaban J connectivity index is 2.87. The lowest BCUT2D eigenvalue weighted by Crippen LogP contribution is -2.15. The first-order valence-corrected chi connectivity index (χ1v) is 4.38. The van der Waals surface area contributed by atoms with Crippen LogP contribution in [0.4, 0.5) is 0 Å². The predicted molar refractivity (Wildman–Crippen MR) is 51.3 cm³/mol. The lowest BCUT2D eigenvalue weighted by atomic mass is 9.93. The van der Waals surface area contributed by atoms with Crippen molar-refractivity contribution >= 4 is 0 Å². The number of aromatic nitrogens is 2. The molecule has 0 amide bonds. The number of imidazole rings is 1. The smallest absolute Gasteiger partial charge is 0.136 e. The summed E-state index contributed by atoms with van der Waals surface area (Å²) in [5.74, 6) is 0.549. The van der Waals surface area contributed by atoms with Crippen LogP contribution in [0.5, 0.6) is 0 Å². The van der Waals surface area contributed by atoms with Crippen LogP contribution in [0.3, 0.4) is 0 Å². The second-order valence-electron chi connectivity index (χ2n) is 4.18. The molecular formula is C9H17N3O. The van der Waals surface area contributed by atoms with E-state index in [-0.39, 0.29) is 12.0 Å². The molecule has 0 aliphatic rings. The Labute approximate surface area is 78.2 Å². The van der Waals surface area contributed by atoms with Crippen LogP contribution in [0.25, 0.3) is 0 Å². The van der Waals surface area contributed by atoms with Gasteiger partial charge in [-0.15, -0.1) is 0 Å². The molecule has 0 spiro atoms. The van der Waals surface area contributed by atoms with E-state index in [0.717, 1.165) is 5.69 Å². The van der Waals surface area contributed by atoms with Crippen LogP contribution < -0.4 is 5.73 Å². The number of rotatable bonds is 2. The van der Waals surface area contributed by atoms with Gasteiger partial charge < -0.3 is 15.8 Å². The molecule has 4 heteroatoms. The number of aromatic amines is 1. The van der Waals surface area contributed by atoms with Gasteiger partial charge in [-0.05, 0) is 0 Å². The van der Waals surface area contributed by atoms with Crippen molar-refractivity contribution in [3.8, 4) is 0 Å². The zero-order chi connectivity index (χ0) is 10.1. The van der Waals surface area contributed by atoms with Gasteiger partial charge in [0, 0.05) is 23.9 Å². The summed E-state index contributed by atoms with van der Waals surface area (Å²) < 4.78 is 0. The number of aliphatic hydroxyl groups is 1. The normalized spacial score (nSPS) is 14.5. The number of nitrogens with two attached hydrogens (primary N) is 1. The number of aliphatic hydroxyl groups excluding tert-OH is 1. The molecule has 1 unspecified atom stereocenters. The highest BCUT2D eigenvalue weighted by atomic mass is 16.3. The third-order valence-corrected chi connectivity index (χ3v) is 1.94. The molecule has 1 atom stereocenters. The van der Waals surface area contributed by atoms with Crippen LogP contribution in [-0.2, 0) is 5.41 Å². The SMILES string of the molecule is CC(C)(C)c1cnc(C(O)CN)[nH]1. The predicted octanol–water partition coefficient (Wildman–Crippen LogP) is 0.699. The molecule has 0 aliphatic carbocycles. The van der Waals surface area contributed by atoms with E-state index in [9.17, 15) is 5.11 Å². The van der Waals surface area contributed by atoms with Crippen molar-refractivity contribution in [1.82, 2.24) is 9.97 Å². The highest BCUT2D eigenvalue weighted by molar-refractivity contribution is 5.12. The first-order chi connectivity index (χ1) is 5.95. The van der Waals surface area contributed by atoms with Crippen molar-refractivity contribution in [2.45, 2.75) is 32.3 Å². The molecule has 0 radical (unpaired) electrons. The standard InChI is InChI=1S/C9H17N3O/c1-9(2,3)7-5-11-8(12-7)6(13)4-10/h5-6,13H,4,10H2,1-3H3,(H,11,12). The topological polar surface area (TPSA) is 74.9 Å². The van der Waals surface area contributed by atoms with Crippen LogP contribution >= 0.6 is 0 Å². The fourth-order valence-electron chi connectivity index (χ4n) is 0.999. The van der Waals surface area contributed by atoms with E-state index in [4.69, 9.17) is 5.73 Å². The fourth-order valence-corrected chi connectivity index (χ4v) is 0.999. The van der Waals surface area contributed by atoms with Crippen molar-refractivity contribution in [3.05, 3.63) is 17.7 Å². The summed E-state index contributed by atoms with van der Waals surface area (Å²) >= 11 is 0. The van der Waals surface area contributed by atoms with Crippen molar-refractivity contribution in [2.75, 3.05) is 6.54 Å². The molecule has 0 aliphatic heterocycles. The maximum absolute atomic E-state index is 9.39. The van der Waals surface area contributed by atoms with Crippen molar-refractivity contribution in [3.63, 3.8) is 0 Å². The Morgan fingerprint density at radius 3 is 2.62 bits per heavy atom. The Hall–Kier alpha value is -0.870. The van der Waals surface area contributed by atoms with Crippen molar-refractivity contribution in [2.24, 2.45) is 5.73 Å². The molecule has 13 heavy (non-hydrogen) atoms. The highest BCUT2D eigenvalue weighted by Gasteiger charge is 2.18. The van der Waals surface area contributed by atoms with Crippen LogP contribution in [0.2, 0.25) is 0 Å². The molecule has 4 N–H and O–H groups in total. The van der Waals surface area contributed by atoms with Gasteiger partial charge in [0.2, 0.25) is 0 Å². The minimum absolute atomic E-state index is 0.0273. The zero-order valence-electron chi connectivity index (χ0n) is 8.33. The molecule has 1 heterocycles. The van der Waals surface area contributed by atoms with Crippen LogP contribution in [-0.4, -0.2) is 21.6 Å². The zero-order valence-corrected chi connectivity index (χ0v) is 8.33. The molecule has 1 rings (SSSR count). The van der Waals surface area contributed by atoms with Crippen molar-refractivity contribution < 1.29 is 5.11 Å². The molecular weight excluding hydrogens is 166 g/mol. The van der Waals surface area contributed by atoms with Gasteiger partial charge in [-0.2, -0.15) is 0 Å². The van der Waals surface area contributed by atoms with Gasteiger partial charge >= 0.3 is 0 Å². The average molecular weight is 183 g/mol. The van der Waals surface area contributed by atoms with E-state index >= 15 is 0 Å². The lowest BCUT2D eigenvalue weighted by Gasteiger charge is -2.15. The van der Waals surface area contributed by atoms with Gasteiger partial charge in [-0.25, -0.2) is 4.98 Å². The molecule has 74 valence electrons. The summed E-state index contributed by atoms with van der Waals surface area (Å²) in [4.78, 5) is 7.13. The summed E-state index contributed by atoms with van der Waals surface area (Å²) in [6, 6.07) is 0. The third-order valence-electron chi connectivity index (χ3n) is 1.94. The molecule has 4 nitrogen and oxygen atoms in total. The fraction of sp³-hybridized carbons (Fsp3) is 0.667. The molecule has 0 saturated carbocycles. The largest absolute Gasteiger partial charge is 0.384 e. The summed E-state index contributed by atoms with van der Waals surface area (Å²) in [5.41, 5.74) is 6.35. The average Bonchev–Trinajstić information content (AvgIpc) is 2.50. The quantitative estimate of drug-likeness (QED) is 0.631. The number of hydrogen-bond acceptors (Lipinski definition) is 3. The Bertz CT molecular complexity index is 275.